The minimum absolute atomic E-state index is 0.0124. The Kier molecular flexibility index (Phi) is 4.03. The number of nitrogens with one attached hydrogen (secondary N) is 1. The molecule has 2 unspecified atom stereocenters. The van der Waals surface area contributed by atoms with E-state index >= 15 is 0 Å². The highest BCUT2D eigenvalue weighted by Crippen LogP contribution is 2.37. The molecular weight excluding hydrogens is 235 g/mol. The fraction of sp³-hybridized carbons (Fsp3) is 0.462. The van der Waals surface area contributed by atoms with Gasteiger partial charge in [-0.05, 0) is 30.7 Å². The number of benzene rings is 1. The zero-order chi connectivity index (χ0) is 12.3. The third kappa shape index (κ3) is 2.80. The van der Waals surface area contributed by atoms with Crippen molar-refractivity contribution in [2.24, 2.45) is 5.92 Å². The number of rotatable bonds is 3. The molecule has 90 valence electrons. The molecule has 2 atom stereocenters. The lowest BCUT2D eigenvalue weighted by molar-refractivity contribution is 0.473. The molecule has 0 saturated carbocycles. The molecule has 0 amide bonds. The predicted octanol–water partition coefficient (Wildman–Crippen LogP) is 3.11. The van der Waals surface area contributed by atoms with Crippen LogP contribution in [0.5, 0.6) is 0 Å². The first-order valence-electron chi connectivity index (χ1n) is 5.76. The lowest BCUT2D eigenvalue weighted by Gasteiger charge is -2.26. The Labute approximate surface area is 105 Å². The van der Waals surface area contributed by atoms with E-state index in [1.165, 1.54) is 6.07 Å². The third-order valence-corrected chi connectivity index (χ3v) is 4.08. The molecule has 0 saturated heterocycles. The molecule has 0 fully saturated rings. The predicted molar refractivity (Wildman–Crippen MR) is 67.3 cm³/mol. The van der Waals surface area contributed by atoms with Crippen LogP contribution in [0.4, 0.5) is 4.39 Å². The van der Waals surface area contributed by atoms with Gasteiger partial charge in [-0.1, -0.05) is 12.1 Å². The van der Waals surface area contributed by atoms with Crippen molar-refractivity contribution < 1.29 is 4.39 Å². The Balaban J connectivity index is 2.13. The lowest BCUT2D eigenvalue weighted by atomic mass is 10.0. The second kappa shape index (κ2) is 5.52. The summed E-state index contributed by atoms with van der Waals surface area (Å²) in [6.45, 7) is 2.54. The summed E-state index contributed by atoms with van der Waals surface area (Å²) in [7, 11) is 0. The van der Waals surface area contributed by atoms with E-state index in [1.54, 1.807) is 17.8 Å². The molecule has 0 radical (unpaired) electrons. The molecule has 0 aliphatic carbocycles. The van der Waals surface area contributed by atoms with E-state index in [2.05, 4.69) is 11.4 Å². The van der Waals surface area contributed by atoms with Crippen LogP contribution in [-0.2, 0) is 0 Å². The molecule has 1 N–H and O–H groups in total. The average Bonchev–Trinajstić information content (AvgIpc) is 2.36. The van der Waals surface area contributed by atoms with Crippen molar-refractivity contribution in [3.8, 4) is 6.07 Å². The molecule has 1 aliphatic heterocycles. The number of hydrogen-bond donors (Lipinski definition) is 1. The van der Waals surface area contributed by atoms with Crippen molar-refractivity contribution in [2.75, 3.05) is 12.3 Å². The number of halogens is 1. The third-order valence-electron chi connectivity index (χ3n) is 2.92. The van der Waals surface area contributed by atoms with Gasteiger partial charge < -0.3 is 5.32 Å². The summed E-state index contributed by atoms with van der Waals surface area (Å²) >= 11 is 1.58. The average molecular weight is 250 g/mol. The summed E-state index contributed by atoms with van der Waals surface area (Å²) in [5.74, 6) is 0.779. The van der Waals surface area contributed by atoms with Crippen molar-refractivity contribution in [1.29, 1.82) is 5.26 Å². The second-order valence-electron chi connectivity index (χ2n) is 4.29. The SMILES string of the molecule is CC(C#N)CNC1CCSc2c(F)cccc21. The van der Waals surface area contributed by atoms with Gasteiger partial charge in [0, 0.05) is 17.5 Å². The van der Waals surface area contributed by atoms with Crippen LogP contribution in [0.3, 0.4) is 0 Å². The van der Waals surface area contributed by atoms with Crippen molar-refractivity contribution in [3.05, 3.63) is 29.6 Å². The van der Waals surface area contributed by atoms with Crippen molar-refractivity contribution in [2.45, 2.75) is 24.3 Å². The summed E-state index contributed by atoms with van der Waals surface area (Å²) in [6, 6.07) is 7.61. The molecule has 1 aromatic carbocycles. The lowest BCUT2D eigenvalue weighted by Crippen LogP contribution is -2.28. The van der Waals surface area contributed by atoms with Crippen LogP contribution in [0.15, 0.2) is 23.1 Å². The molecular formula is C13H15FN2S. The maximum Gasteiger partial charge on any atom is 0.137 e. The van der Waals surface area contributed by atoms with E-state index in [9.17, 15) is 4.39 Å². The normalized spacial score (nSPS) is 20.4. The summed E-state index contributed by atoms with van der Waals surface area (Å²) in [5.41, 5.74) is 1.03. The van der Waals surface area contributed by atoms with E-state index in [1.807, 2.05) is 13.0 Å². The van der Waals surface area contributed by atoms with E-state index in [4.69, 9.17) is 5.26 Å². The Bertz CT molecular complexity index is 442. The van der Waals surface area contributed by atoms with Gasteiger partial charge in [0.05, 0.1) is 12.0 Å². The first-order chi connectivity index (χ1) is 8.22. The van der Waals surface area contributed by atoms with E-state index in [-0.39, 0.29) is 17.8 Å². The minimum Gasteiger partial charge on any atom is -0.309 e. The topological polar surface area (TPSA) is 35.8 Å². The smallest absolute Gasteiger partial charge is 0.137 e. The fourth-order valence-electron chi connectivity index (χ4n) is 1.96. The van der Waals surface area contributed by atoms with Crippen LogP contribution in [0, 0.1) is 23.1 Å². The number of hydrogen-bond acceptors (Lipinski definition) is 3. The Morgan fingerprint density at radius 1 is 1.65 bits per heavy atom. The monoisotopic (exact) mass is 250 g/mol. The fourth-order valence-corrected chi connectivity index (χ4v) is 3.10. The van der Waals surface area contributed by atoms with Gasteiger partial charge in [-0.25, -0.2) is 4.39 Å². The molecule has 0 bridgehead atoms. The molecule has 2 rings (SSSR count). The van der Waals surface area contributed by atoms with Gasteiger partial charge in [0.1, 0.15) is 5.82 Å². The molecule has 17 heavy (non-hydrogen) atoms. The summed E-state index contributed by atoms with van der Waals surface area (Å²) < 4.78 is 13.6. The highest BCUT2D eigenvalue weighted by Gasteiger charge is 2.22. The van der Waals surface area contributed by atoms with Gasteiger partial charge in [-0.3, -0.25) is 0 Å². The maximum absolute atomic E-state index is 13.6. The minimum atomic E-state index is -0.132. The summed E-state index contributed by atoms with van der Waals surface area (Å²) in [4.78, 5) is 0.765. The van der Waals surface area contributed by atoms with Gasteiger partial charge in [0.2, 0.25) is 0 Å². The van der Waals surface area contributed by atoms with Crippen LogP contribution in [-0.4, -0.2) is 12.3 Å². The van der Waals surface area contributed by atoms with E-state index in [0.717, 1.165) is 22.6 Å². The highest BCUT2D eigenvalue weighted by atomic mass is 32.2. The first-order valence-corrected chi connectivity index (χ1v) is 6.75. The van der Waals surface area contributed by atoms with Crippen molar-refractivity contribution in [1.82, 2.24) is 5.32 Å². The van der Waals surface area contributed by atoms with Gasteiger partial charge in [0.15, 0.2) is 0 Å². The van der Waals surface area contributed by atoms with Crippen LogP contribution in [0.25, 0.3) is 0 Å². The highest BCUT2D eigenvalue weighted by molar-refractivity contribution is 7.99. The Morgan fingerprint density at radius 3 is 3.24 bits per heavy atom. The summed E-state index contributed by atoms with van der Waals surface area (Å²) in [5, 5.41) is 12.1. The van der Waals surface area contributed by atoms with Crippen LogP contribution >= 0.6 is 11.8 Å². The number of fused-ring (bicyclic) bond motifs is 1. The summed E-state index contributed by atoms with van der Waals surface area (Å²) in [6.07, 6.45) is 0.985. The molecule has 1 aromatic rings. The standard InChI is InChI=1S/C13H15FN2S/c1-9(7-15)8-16-12-5-6-17-13-10(12)3-2-4-11(13)14/h2-4,9,12,16H,5-6,8H2,1H3. The number of nitriles is 1. The van der Waals surface area contributed by atoms with Crippen molar-refractivity contribution >= 4 is 11.8 Å². The molecule has 4 heteroatoms. The van der Waals surface area contributed by atoms with E-state index in [0.29, 0.717) is 6.54 Å². The molecule has 1 heterocycles. The van der Waals surface area contributed by atoms with Crippen molar-refractivity contribution in [3.63, 3.8) is 0 Å². The van der Waals surface area contributed by atoms with E-state index < -0.39 is 0 Å². The molecule has 0 spiro atoms. The van der Waals surface area contributed by atoms with Gasteiger partial charge in [0.25, 0.3) is 0 Å². The van der Waals surface area contributed by atoms with Crippen LogP contribution in [0.1, 0.15) is 24.9 Å². The first kappa shape index (κ1) is 12.4. The quantitative estimate of drug-likeness (QED) is 0.895. The largest absolute Gasteiger partial charge is 0.309 e. The molecule has 1 aliphatic rings. The van der Waals surface area contributed by atoms with Gasteiger partial charge in [-0.2, -0.15) is 5.26 Å². The van der Waals surface area contributed by atoms with Gasteiger partial charge in [-0.15, -0.1) is 11.8 Å². The zero-order valence-corrected chi connectivity index (χ0v) is 10.6. The zero-order valence-electron chi connectivity index (χ0n) is 9.74. The Hall–Kier alpha value is -1.05. The molecule has 2 nitrogen and oxygen atoms in total. The number of thioether (sulfide) groups is 1. The van der Waals surface area contributed by atoms with Gasteiger partial charge >= 0.3 is 0 Å². The van der Waals surface area contributed by atoms with Crippen LogP contribution in [0.2, 0.25) is 0 Å². The second-order valence-corrected chi connectivity index (χ2v) is 5.39. The Morgan fingerprint density at radius 2 is 2.47 bits per heavy atom. The molecule has 0 aromatic heterocycles. The van der Waals surface area contributed by atoms with Crippen LogP contribution < -0.4 is 5.32 Å². The number of nitrogens with zero attached hydrogens (tertiary/aromatic N) is 1. The maximum atomic E-state index is 13.6.